The topological polar surface area (TPSA) is 75.8 Å². The van der Waals surface area contributed by atoms with Gasteiger partial charge in [0.15, 0.2) is 18.0 Å². The normalized spacial score (nSPS) is 11.3. The summed E-state index contributed by atoms with van der Waals surface area (Å²) in [5, 5.41) is 11.6. The van der Waals surface area contributed by atoms with E-state index in [2.05, 4.69) is 11.4 Å². The lowest BCUT2D eigenvalue weighted by atomic mass is 10.2. The summed E-state index contributed by atoms with van der Waals surface area (Å²) in [5.74, 6) is 1.33. The van der Waals surface area contributed by atoms with Crippen LogP contribution in [0.15, 0.2) is 42.5 Å². The van der Waals surface area contributed by atoms with Crippen molar-refractivity contribution < 1.29 is 19.2 Å². The minimum atomic E-state index is -0.0786. The van der Waals surface area contributed by atoms with Gasteiger partial charge in [-0.05, 0) is 49.4 Å². The number of hydrogen-bond donors (Lipinski definition) is 2. The van der Waals surface area contributed by atoms with Crippen LogP contribution in [0.1, 0.15) is 18.1 Å². The van der Waals surface area contributed by atoms with E-state index >= 15 is 0 Å². The van der Waals surface area contributed by atoms with E-state index in [0.29, 0.717) is 36.7 Å². The molecule has 136 valence electrons. The van der Waals surface area contributed by atoms with E-state index in [4.69, 9.17) is 14.7 Å². The fourth-order valence-corrected chi connectivity index (χ4v) is 2.62. The van der Waals surface area contributed by atoms with E-state index in [1.54, 1.807) is 31.4 Å². The molecule has 1 atom stereocenters. The Morgan fingerprint density at radius 1 is 1.19 bits per heavy atom. The molecular formula is C20H24N3O3+. The number of nitrogens with zero attached hydrogens (tertiary/aromatic N) is 1. The minimum absolute atomic E-state index is 0.0786. The maximum atomic E-state index is 12.2. The number of rotatable bonds is 8. The Labute approximate surface area is 153 Å². The standard InChI is InChI=1S/C20H23N3O3/c1-4-26-18-10-7-16(11-19(18)25-3)13-23(2)14-20(24)22-17-8-5-15(12-21)6-9-17/h5-11H,4,13-14H2,1-3H3,(H,22,24)/p+1. The second kappa shape index (κ2) is 9.44. The average molecular weight is 354 g/mol. The summed E-state index contributed by atoms with van der Waals surface area (Å²) in [6.45, 7) is 3.52. The highest BCUT2D eigenvalue weighted by Crippen LogP contribution is 2.27. The van der Waals surface area contributed by atoms with Crippen LogP contribution in [-0.4, -0.2) is 33.2 Å². The van der Waals surface area contributed by atoms with Crippen molar-refractivity contribution in [3.63, 3.8) is 0 Å². The van der Waals surface area contributed by atoms with Crippen LogP contribution in [0.25, 0.3) is 0 Å². The van der Waals surface area contributed by atoms with E-state index in [9.17, 15) is 4.79 Å². The Balaban J connectivity index is 1.91. The number of likely N-dealkylation sites (N-methyl/N-ethyl adjacent to an activating group) is 1. The summed E-state index contributed by atoms with van der Waals surface area (Å²) in [6.07, 6.45) is 0. The number of nitrogens with one attached hydrogen (secondary N) is 2. The molecule has 0 radical (unpaired) electrons. The molecule has 26 heavy (non-hydrogen) atoms. The monoisotopic (exact) mass is 354 g/mol. The van der Waals surface area contributed by atoms with Crippen LogP contribution in [0.5, 0.6) is 11.5 Å². The lowest BCUT2D eigenvalue weighted by Gasteiger charge is -2.15. The first-order valence-corrected chi connectivity index (χ1v) is 8.46. The molecule has 6 heteroatoms. The van der Waals surface area contributed by atoms with Crippen molar-refractivity contribution in [3.05, 3.63) is 53.6 Å². The fraction of sp³-hybridized carbons (Fsp3) is 0.300. The van der Waals surface area contributed by atoms with Gasteiger partial charge in [0.2, 0.25) is 0 Å². The van der Waals surface area contributed by atoms with E-state index < -0.39 is 0 Å². The number of nitriles is 1. The first-order valence-electron chi connectivity index (χ1n) is 8.46. The number of methoxy groups -OCH3 is 1. The maximum absolute atomic E-state index is 12.2. The molecule has 6 nitrogen and oxygen atoms in total. The van der Waals surface area contributed by atoms with Gasteiger partial charge in [-0.25, -0.2) is 0 Å². The third-order valence-corrected chi connectivity index (χ3v) is 3.79. The molecule has 0 saturated carbocycles. The number of ether oxygens (including phenoxy) is 2. The SMILES string of the molecule is CCOc1ccc(C[NH+](C)CC(=O)Nc2ccc(C#N)cc2)cc1OC. The number of quaternary nitrogens is 1. The van der Waals surface area contributed by atoms with Crippen molar-refractivity contribution in [3.8, 4) is 17.6 Å². The Morgan fingerprint density at radius 3 is 2.54 bits per heavy atom. The maximum Gasteiger partial charge on any atom is 0.279 e. The Kier molecular flexibility index (Phi) is 7.01. The average Bonchev–Trinajstić information content (AvgIpc) is 2.63. The first-order chi connectivity index (χ1) is 12.5. The van der Waals surface area contributed by atoms with Crippen LogP contribution in [0.2, 0.25) is 0 Å². The lowest BCUT2D eigenvalue weighted by molar-refractivity contribution is -0.885. The number of hydrogen-bond acceptors (Lipinski definition) is 4. The molecule has 0 saturated heterocycles. The molecule has 0 heterocycles. The minimum Gasteiger partial charge on any atom is -0.493 e. The molecule has 2 aromatic rings. The third kappa shape index (κ3) is 5.50. The van der Waals surface area contributed by atoms with Gasteiger partial charge in [-0.3, -0.25) is 4.79 Å². The molecule has 0 fully saturated rings. The summed E-state index contributed by atoms with van der Waals surface area (Å²) in [7, 11) is 3.57. The molecule has 2 aromatic carbocycles. The van der Waals surface area contributed by atoms with Gasteiger partial charge in [-0.1, -0.05) is 0 Å². The molecule has 0 aromatic heterocycles. The highest BCUT2D eigenvalue weighted by molar-refractivity contribution is 5.91. The molecular weight excluding hydrogens is 330 g/mol. The molecule has 0 aliphatic carbocycles. The van der Waals surface area contributed by atoms with Gasteiger partial charge in [0.25, 0.3) is 5.91 Å². The molecule has 0 aliphatic rings. The molecule has 0 aliphatic heterocycles. The first kappa shape index (κ1) is 19.3. The predicted octanol–water partition coefficient (Wildman–Crippen LogP) is 1.62. The van der Waals surface area contributed by atoms with E-state index in [0.717, 1.165) is 16.2 Å². The number of carbonyl (C=O) groups is 1. The fourth-order valence-electron chi connectivity index (χ4n) is 2.62. The number of amides is 1. The summed E-state index contributed by atoms with van der Waals surface area (Å²) in [4.78, 5) is 13.2. The molecule has 2 rings (SSSR count). The van der Waals surface area contributed by atoms with Gasteiger partial charge in [-0.2, -0.15) is 5.26 Å². The van der Waals surface area contributed by atoms with Crippen molar-refractivity contribution in [1.29, 1.82) is 5.26 Å². The zero-order chi connectivity index (χ0) is 18.9. The lowest BCUT2D eigenvalue weighted by Crippen LogP contribution is -3.08. The van der Waals surface area contributed by atoms with Crippen LogP contribution in [-0.2, 0) is 11.3 Å². The summed E-state index contributed by atoms with van der Waals surface area (Å²) < 4.78 is 10.9. The van der Waals surface area contributed by atoms with Gasteiger partial charge in [0.05, 0.1) is 32.4 Å². The number of anilines is 1. The Morgan fingerprint density at radius 2 is 1.92 bits per heavy atom. The van der Waals surface area contributed by atoms with Crippen molar-refractivity contribution in [2.24, 2.45) is 0 Å². The Hall–Kier alpha value is -3.04. The van der Waals surface area contributed by atoms with E-state index in [1.807, 2.05) is 32.2 Å². The smallest absolute Gasteiger partial charge is 0.279 e. The quantitative estimate of drug-likeness (QED) is 0.755. The van der Waals surface area contributed by atoms with Gasteiger partial charge < -0.3 is 19.7 Å². The second-order valence-electron chi connectivity index (χ2n) is 5.97. The number of benzene rings is 2. The van der Waals surface area contributed by atoms with Gasteiger partial charge >= 0.3 is 0 Å². The predicted molar refractivity (Wildman–Crippen MR) is 99.4 cm³/mol. The molecule has 2 N–H and O–H groups in total. The number of carbonyl (C=O) groups excluding carboxylic acids is 1. The van der Waals surface area contributed by atoms with Gasteiger partial charge in [0, 0.05) is 11.3 Å². The van der Waals surface area contributed by atoms with Crippen LogP contribution in [0.4, 0.5) is 5.69 Å². The largest absolute Gasteiger partial charge is 0.493 e. The van der Waals surface area contributed by atoms with Crippen LogP contribution >= 0.6 is 0 Å². The summed E-state index contributed by atoms with van der Waals surface area (Å²) in [5.41, 5.74) is 2.31. The molecule has 0 bridgehead atoms. The van der Waals surface area contributed by atoms with Crippen molar-refractivity contribution in [2.75, 3.05) is 32.6 Å². The highest BCUT2D eigenvalue weighted by atomic mass is 16.5. The van der Waals surface area contributed by atoms with Crippen molar-refractivity contribution in [2.45, 2.75) is 13.5 Å². The molecule has 1 amide bonds. The second-order valence-corrected chi connectivity index (χ2v) is 5.97. The van der Waals surface area contributed by atoms with Gasteiger partial charge in [-0.15, -0.1) is 0 Å². The zero-order valence-electron chi connectivity index (χ0n) is 15.3. The molecule has 0 spiro atoms. The van der Waals surface area contributed by atoms with Crippen LogP contribution in [0, 0.1) is 11.3 Å². The van der Waals surface area contributed by atoms with Crippen molar-refractivity contribution >= 4 is 11.6 Å². The third-order valence-electron chi connectivity index (χ3n) is 3.79. The van der Waals surface area contributed by atoms with E-state index in [-0.39, 0.29) is 5.91 Å². The van der Waals surface area contributed by atoms with E-state index in [1.165, 1.54) is 0 Å². The van der Waals surface area contributed by atoms with Crippen LogP contribution in [0.3, 0.4) is 0 Å². The summed E-state index contributed by atoms with van der Waals surface area (Å²) >= 11 is 0. The van der Waals surface area contributed by atoms with Crippen molar-refractivity contribution in [1.82, 2.24) is 0 Å². The molecule has 1 unspecified atom stereocenters. The van der Waals surface area contributed by atoms with Crippen LogP contribution < -0.4 is 19.7 Å². The highest BCUT2D eigenvalue weighted by Gasteiger charge is 2.13. The zero-order valence-corrected chi connectivity index (χ0v) is 15.3. The summed E-state index contributed by atoms with van der Waals surface area (Å²) in [6, 6.07) is 14.7. The van der Waals surface area contributed by atoms with Gasteiger partial charge in [0.1, 0.15) is 6.54 Å². The Bertz CT molecular complexity index is 782.